The van der Waals surface area contributed by atoms with E-state index < -0.39 is 4.92 Å². The van der Waals surface area contributed by atoms with Crippen molar-refractivity contribution in [1.29, 1.82) is 0 Å². The molecular weight excluding hydrogens is 428 g/mol. The Morgan fingerprint density at radius 3 is 2.41 bits per heavy atom. The second kappa shape index (κ2) is 9.84. The van der Waals surface area contributed by atoms with Gasteiger partial charge in [0.1, 0.15) is 0 Å². The van der Waals surface area contributed by atoms with Crippen LogP contribution < -0.4 is 5.32 Å². The first-order chi connectivity index (χ1) is 15.6. The molecule has 4 rings (SSSR count). The summed E-state index contributed by atoms with van der Waals surface area (Å²) in [6, 6.07) is 19.3. The lowest BCUT2D eigenvalue weighted by molar-refractivity contribution is -0.384. The summed E-state index contributed by atoms with van der Waals surface area (Å²) in [4.78, 5) is 26.8. The second-order valence-electron chi connectivity index (χ2n) is 6.70. The molecule has 0 atom stereocenters. The number of rotatable bonds is 8. The molecule has 2 aromatic carbocycles. The number of benzene rings is 2. The summed E-state index contributed by atoms with van der Waals surface area (Å²) in [6.07, 6.45) is 3.36. The summed E-state index contributed by atoms with van der Waals surface area (Å²) in [6.45, 7) is 0.418. The molecule has 32 heavy (non-hydrogen) atoms. The molecule has 2 heterocycles. The monoisotopic (exact) mass is 446 g/mol. The molecule has 1 N–H and O–H groups in total. The Balaban J connectivity index is 1.54. The predicted molar refractivity (Wildman–Crippen MR) is 120 cm³/mol. The van der Waals surface area contributed by atoms with Crippen molar-refractivity contribution in [2.45, 2.75) is 11.7 Å². The third kappa shape index (κ3) is 4.98. The van der Waals surface area contributed by atoms with Gasteiger partial charge >= 0.3 is 0 Å². The first-order valence-corrected chi connectivity index (χ1v) is 10.6. The number of hydrogen-bond donors (Lipinski definition) is 1. The fourth-order valence-electron chi connectivity index (χ4n) is 2.97. The number of carbonyl (C=O) groups is 1. The first kappa shape index (κ1) is 21.2. The predicted octanol–water partition coefficient (Wildman–Crippen LogP) is 3.65. The molecule has 0 radical (unpaired) electrons. The van der Waals surface area contributed by atoms with Crippen LogP contribution in [0, 0.1) is 10.1 Å². The van der Waals surface area contributed by atoms with E-state index >= 15 is 0 Å². The zero-order chi connectivity index (χ0) is 22.3. The maximum atomic E-state index is 12.3. The van der Waals surface area contributed by atoms with Crippen molar-refractivity contribution in [3.05, 3.63) is 94.8 Å². The van der Waals surface area contributed by atoms with Crippen LogP contribution in [0.1, 0.15) is 5.56 Å². The van der Waals surface area contributed by atoms with Crippen LogP contribution in [0.5, 0.6) is 0 Å². The van der Waals surface area contributed by atoms with Gasteiger partial charge in [-0.3, -0.25) is 24.5 Å². The third-order valence-electron chi connectivity index (χ3n) is 4.56. The third-order valence-corrected chi connectivity index (χ3v) is 5.48. The van der Waals surface area contributed by atoms with E-state index in [1.54, 1.807) is 24.5 Å². The lowest BCUT2D eigenvalue weighted by atomic mass is 10.2. The molecule has 9 nitrogen and oxygen atoms in total. The summed E-state index contributed by atoms with van der Waals surface area (Å²) in [5.41, 5.74) is 2.47. The Morgan fingerprint density at radius 2 is 1.72 bits per heavy atom. The number of pyridine rings is 1. The van der Waals surface area contributed by atoms with Crippen LogP contribution >= 0.6 is 11.8 Å². The molecule has 0 saturated carbocycles. The van der Waals surface area contributed by atoms with E-state index in [-0.39, 0.29) is 17.3 Å². The van der Waals surface area contributed by atoms with Gasteiger partial charge in [0, 0.05) is 42.3 Å². The van der Waals surface area contributed by atoms with Crippen molar-refractivity contribution in [1.82, 2.24) is 25.1 Å². The average molecular weight is 446 g/mol. The van der Waals surface area contributed by atoms with Gasteiger partial charge in [-0.2, -0.15) is 0 Å². The average Bonchev–Trinajstić information content (AvgIpc) is 3.26. The molecule has 0 saturated heterocycles. The van der Waals surface area contributed by atoms with E-state index in [0.717, 1.165) is 11.3 Å². The standard InChI is InChI=1S/C22H18N6O3S/c29-20(24-14-16-10-12-23-13-11-16)15-32-22-26-25-21(27(22)18-4-2-1-3-5-18)17-6-8-19(9-7-17)28(30)31/h1-13H,14-15H2,(H,24,29). The molecule has 0 aliphatic carbocycles. The molecular formula is C22H18N6O3S. The van der Waals surface area contributed by atoms with Gasteiger partial charge in [0.05, 0.1) is 10.7 Å². The van der Waals surface area contributed by atoms with E-state index in [1.165, 1.54) is 23.9 Å². The highest BCUT2D eigenvalue weighted by molar-refractivity contribution is 7.99. The number of non-ortho nitro benzene ring substituents is 1. The van der Waals surface area contributed by atoms with Crippen LogP contribution in [0.25, 0.3) is 17.1 Å². The van der Waals surface area contributed by atoms with Crippen LogP contribution in [0.3, 0.4) is 0 Å². The van der Waals surface area contributed by atoms with Crippen molar-refractivity contribution in [3.8, 4) is 17.1 Å². The van der Waals surface area contributed by atoms with E-state index in [2.05, 4.69) is 20.5 Å². The Kier molecular flexibility index (Phi) is 6.52. The van der Waals surface area contributed by atoms with Crippen LogP contribution in [0.2, 0.25) is 0 Å². The van der Waals surface area contributed by atoms with Crippen molar-refractivity contribution in [2.75, 3.05) is 5.75 Å². The summed E-state index contributed by atoms with van der Waals surface area (Å²) in [5.74, 6) is 0.563. The second-order valence-corrected chi connectivity index (χ2v) is 7.64. The minimum Gasteiger partial charge on any atom is -0.351 e. The molecule has 4 aromatic rings. The van der Waals surface area contributed by atoms with E-state index in [4.69, 9.17) is 0 Å². The van der Waals surface area contributed by atoms with Gasteiger partial charge < -0.3 is 5.32 Å². The number of carbonyl (C=O) groups excluding carboxylic acids is 1. The zero-order valence-electron chi connectivity index (χ0n) is 16.8. The smallest absolute Gasteiger partial charge is 0.269 e. The van der Waals surface area contributed by atoms with Gasteiger partial charge in [-0.15, -0.1) is 10.2 Å². The number of amides is 1. The molecule has 0 unspecified atom stereocenters. The quantitative estimate of drug-likeness (QED) is 0.249. The number of para-hydroxylation sites is 1. The zero-order valence-corrected chi connectivity index (χ0v) is 17.6. The summed E-state index contributed by atoms with van der Waals surface area (Å²) in [7, 11) is 0. The number of nitrogens with zero attached hydrogens (tertiary/aromatic N) is 5. The van der Waals surface area contributed by atoms with E-state index in [1.807, 2.05) is 47.0 Å². The van der Waals surface area contributed by atoms with Gasteiger partial charge in [0.25, 0.3) is 5.69 Å². The van der Waals surface area contributed by atoms with Crippen molar-refractivity contribution in [2.24, 2.45) is 0 Å². The van der Waals surface area contributed by atoms with Crippen molar-refractivity contribution >= 4 is 23.4 Å². The molecule has 0 fully saturated rings. The van der Waals surface area contributed by atoms with Crippen LogP contribution in [0.4, 0.5) is 5.69 Å². The lowest BCUT2D eigenvalue weighted by Crippen LogP contribution is -2.24. The number of hydrogen-bond acceptors (Lipinski definition) is 7. The minimum atomic E-state index is -0.447. The Labute approximate surface area is 187 Å². The number of nitrogens with one attached hydrogen (secondary N) is 1. The van der Waals surface area contributed by atoms with E-state index in [9.17, 15) is 14.9 Å². The highest BCUT2D eigenvalue weighted by atomic mass is 32.2. The summed E-state index contributed by atoms with van der Waals surface area (Å²) >= 11 is 1.27. The highest BCUT2D eigenvalue weighted by Crippen LogP contribution is 2.28. The largest absolute Gasteiger partial charge is 0.351 e. The fourth-order valence-corrected chi connectivity index (χ4v) is 3.76. The Hall–Kier alpha value is -4.05. The molecule has 0 aliphatic rings. The van der Waals surface area contributed by atoms with Gasteiger partial charge in [-0.1, -0.05) is 30.0 Å². The maximum absolute atomic E-state index is 12.3. The van der Waals surface area contributed by atoms with Gasteiger partial charge in [0.15, 0.2) is 11.0 Å². The minimum absolute atomic E-state index is 0.00000622. The van der Waals surface area contributed by atoms with E-state index in [0.29, 0.717) is 23.1 Å². The van der Waals surface area contributed by atoms with Crippen molar-refractivity contribution < 1.29 is 9.72 Å². The lowest BCUT2D eigenvalue weighted by Gasteiger charge is -2.10. The summed E-state index contributed by atoms with van der Waals surface area (Å²) in [5, 5.41) is 22.9. The molecule has 0 bridgehead atoms. The molecule has 10 heteroatoms. The first-order valence-electron chi connectivity index (χ1n) is 9.66. The highest BCUT2D eigenvalue weighted by Gasteiger charge is 2.18. The Bertz CT molecular complexity index is 1210. The van der Waals surface area contributed by atoms with Crippen LogP contribution in [0.15, 0.2) is 84.3 Å². The van der Waals surface area contributed by atoms with Gasteiger partial charge in [-0.25, -0.2) is 0 Å². The van der Waals surface area contributed by atoms with Gasteiger partial charge in [-0.05, 0) is 42.0 Å². The van der Waals surface area contributed by atoms with Crippen LogP contribution in [-0.2, 0) is 11.3 Å². The van der Waals surface area contributed by atoms with Crippen LogP contribution in [-0.4, -0.2) is 36.3 Å². The molecule has 0 aliphatic heterocycles. The van der Waals surface area contributed by atoms with Crippen molar-refractivity contribution in [3.63, 3.8) is 0 Å². The van der Waals surface area contributed by atoms with Gasteiger partial charge in [0.2, 0.25) is 5.91 Å². The number of thioether (sulfide) groups is 1. The maximum Gasteiger partial charge on any atom is 0.269 e. The molecule has 0 spiro atoms. The molecule has 1 amide bonds. The summed E-state index contributed by atoms with van der Waals surface area (Å²) < 4.78 is 1.84. The molecule has 2 aromatic heterocycles. The molecule has 160 valence electrons. The SMILES string of the molecule is O=C(CSc1nnc(-c2ccc([N+](=O)[O-])cc2)n1-c1ccccc1)NCc1ccncc1. The number of aromatic nitrogens is 4. The number of nitro benzene ring substituents is 1. The fraction of sp³-hybridized carbons (Fsp3) is 0.0909. The normalized spacial score (nSPS) is 10.6. The number of nitro groups is 1. The Morgan fingerprint density at radius 1 is 1.00 bits per heavy atom. The topological polar surface area (TPSA) is 116 Å².